The van der Waals surface area contributed by atoms with Gasteiger partial charge in [-0.3, -0.25) is 14.8 Å². The van der Waals surface area contributed by atoms with Gasteiger partial charge in [-0.15, -0.1) is 0 Å². The Kier molecular flexibility index (Phi) is 5.10. The van der Waals surface area contributed by atoms with E-state index in [0.717, 1.165) is 34.5 Å². The van der Waals surface area contributed by atoms with Gasteiger partial charge in [-0.2, -0.15) is 0 Å². The molecule has 31 heavy (non-hydrogen) atoms. The molecule has 1 aromatic carbocycles. The number of hydrogen-bond donors (Lipinski definition) is 1. The predicted molar refractivity (Wildman–Crippen MR) is 118 cm³/mol. The summed E-state index contributed by atoms with van der Waals surface area (Å²) in [6, 6.07) is 13.4. The number of carbonyl (C=O) groups excluding carboxylic acids is 1. The van der Waals surface area contributed by atoms with E-state index in [1.54, 1.807) is 6.20 Å². The SMILES string of the molecule is Cc1ccc(O[C@@H]2C[C@@H]3CN(C(=O)c4ccc5ncccc5c4)C[C@@H]3C[C@H]2O)c(C)n1. The lowest BCUT2D eigenvalue weighted by molar-refractivity contribution is -0.0236. The lowest BCUT2D eigenvalue weighted by atomic mass is 9.78. The van der Waals surface area contributed by atoms with Gasteiger partial charge in [0.25, 0.3) is 5.91 Å². The molecule has 1 aliphatic heterocycles. The number of hydrogen-bond acceptors (Lipinski definition) is 5. The second-order valence-electron chi connectivity index (χ2n) is 8.87. The van der Waals surface area contributed by atoms with Gasteiger partial charge in [0.05, 0.1) is 17.3 Å². The Hall–Kier alpha value is -2.99. The van der Waals surface area contributed by atoms with Crippen molar-refractivity contribution in [1.29, 1.82) is 0 Å². The van der Waals surface area contributed by atoms with E-state index >= 15 is 0 Å². The van der Waals surface area contributed by atoms with Crippen molar-refractivity contribution in [3.8, 4) is 5.75 Å². The first kappa shape index (κ1) is 19.9. The molecule has 2 aromatic heterocycles. The molecular weight excluding hydrogens is 390 g/mol. The zero-order valence-corrected chi connectivity index (χ0v) is 17.9. The van der Waals surface area contributed by atoms with Crippen LogP contribution in [0.25, 0.3) is 10.9 Å². The van der Waals surface area contributed by atoms with Crippen molar-refractivity contribution in [1.82, 2.24) is 14.9 Å². The second-order valence-corrected chi connectivity index (χ2v) is 8.87. The van der Waals surface area contributed by atoms with Gasteiger partial charge in [-0.05, 0) is 74.9 Å². The van der Waals surface area contributed by atoms with Crippen molar-refractivity contribution in [2.75, 3.05) is 13.1 Å². The molecular formula is C25H27N3O3. The number of carbonyl (C=O) groups is 1. The van der Waals surface area contributed by atoms with Crippen molar-refractivity contribution in [3.63, 3.8) is 0 Å². The normalized spacial score (nSPS) is 25.5. The topological polar surface area (TPSA) is 75.5 Å². The van der Waals surface area contributed by atoms with E-state index in [4.69, 9.17) is 4.74 Å². The van der Waals surface area contributed by atoms with Crippen LogP contribution < -0.4 is 4.74 Å². The third kappa shape index (κ3) is 3.88. The van der Waals surface area contributed by atoms with Crippen LogP contribution in [0.3, 0.4) is 0 Å². The minimum Gasteiger partial charge on any atom is -0.486 e. The summed E-state index contributed by atoms with van der Waals surface area (Å²) in [7, 11) is 0. The van der Waals surface area contributed by atoms with E-state index in [-0.39, 0.29) is 12.0 Å². The molecule has 0 bridgehead atoms. The number of nitrogens with zero attached hydrogens (tertiary/aromatic N) is 3. The molecule has 1 amide bonds. The summed E-state index contributed by atoms with van der Waals surface area (Å²) in [6.45, 7) is 5.26. The molecule has 1 N–H and O–H groups in total. The average molecular weight is 418 g/mol. The van der Waals surface area contributed by atoms with Crippen molar-refractivity contribution < 1.29 is 14.6 Å². The monoisotopic (exact) mass is 417 g/mol. The van der Waals surface area contributed by atoms with E-state index in [0.29, 0.717) is 36.9 Å². The first-order chi connectivity index (χ1) is 15.0. The molecule has 6 heteroatoms. The molecule has 6 nitrogen and oxygen atoms in total. The molecule has 3 aromatic rings. The van der Waals surface area contributed by atoms with Crippen LogP contribution in [-0.4, -0.2) is 51.2 Å². The average Bonchev–Trinajstić information content (AvgIpc) is 3.17. The number of pyridine rings is 2. The maximum atomic E-state index is 13.2. The molecule has 0 radical (unpaired) electrons. The molecule has 3 heterocycles. The quantitative estimate of drug-likeness (QED) is 0.706. The fourth-order valence-corrected chi connectivity index (χ4v) is 5.04. The Morgan fingerprint density at radius 2 is 1.90 bits per heavy atom. The van der Waals surface area contributed by atoms with Crippen molar-refractivity contribution in [3.05, 3.63) is 65.6 Å². The zero-order valence-electron chi connectivity index (χ0n) is 17.9. The molecule has 2 fully saturated rings. The number of rotatable bonds is 3. The van der Waals surface area contributed by atoms with E-state index in [9.17, 15) is 9.90 Å². The van der Waals surface area contributed by atoms with Crippen LogP contribution in [0.4, 0.5) is 0 Å². The van der Waals surface area contributed by atoms with Crippen LogP contribution in [0.15, 0.2) is 48.7 Å². The first-order valence-electron chi connectivity index (χ1n) is 10.9. The van der Waals surface area contributed by atoms with Crippen LogP contribution >= 0.6 is 0 Å². The van der Waals surface area contributed by atoms with E-state index in [1.807, 2.05) is 61.2 Å². The largest absolute Gasteiger partial charge is 0.486 e. The fraction of sp³-hybridized carbons (Fsp3) is 0.400. The maximum Gasteiger partial charge on any atom is 0.253 e. The third-order valence-electron chi connectivity index (χ3n) is 6.68. The molecule has 4 atom stereocenters. The molecule has 2 aliphatic rings. The summed E-state index contributed by atoms with van der Waals surface area (Å²) in [6.07, 6.45) is 2.34. The van der Waals surface area contributed by atoms with Gasteiger partial charge in [0.2, 0.25) is 0 Å². The van der Waals surface area contributed by atoms with Crippen LogP contribution in [0.5, 0.6) is 5.75 Å². The van der Waals surface area contributed by atoms with Gasteiger partial charge in [0, 0.05) is 35.9 Å². The maximum absolute atomic E-state index is 13.2. The highest BCUT2D eigenvalue weighted by molar-refractivity contribution is 5.98. The number of aliphatic hydroxyl groups is 1. The molecule has 0 unspecified atom stereocenters. The molecule has 0 spiro atoms. The van der Waals surface area contributed by atoms with E-state index in [2.05, 4.69) is 9.97 Å². The Labute approximate surface area is 181 Å². The number of fused-ring (bicyclic) bond motifs is 2. The van der Waals surface area contributed by atoms with Crippen molar-refractivity contribution >= 4 is 16.8 Å². The number of aliphatic hydroxyl groups excluding tert-OH is 1. The molecule has 1 saturated heterocycles. The minimum absolute atomic E-state index is 0.0469. The van der Waals surface area contributed by atoms with E-state index in [1.165, 1.54) is 0 Å². The van der Waals surface area contributed by atoms with Crippen LogP contribution in [0, 0.1) is 25.7 Å². The Bertz CT molecular complexity index is 1130. The summed E-state index contributed by atoms with van der Waals surface area (Å²) >= 11 is 0. The zero-order chi connectivity index (χ0) is 21.5. The highest BCUT2D eigenvalue weighted by Gasteiger charge is 2.44. The Morgan fingerprint density at radius 1 is 1.10 bits per heavy atom. The van der Waals surface area contributed by atoms with Gasteiger partial charge in [0.1, 0.15) is 11.9 Å². The van der Waals surface area contributed by atoms with Gasteiger partial charge in [-0.25, -0.2) is 0 Å². The Balaban J connectivity index is 1.29. The summed E-state index contributed by atoms with van der Waals surface area (Å²) in [4.78, 5) is 23.9. The predicted octanol–water partition coefficient (Wildman–Crippen LogP) is 3.54. The summed E-state index contributed by atoms with van der Waals surface area (Å²) in [5.41, 5.74) is 3.36. The molecule has 1 saturated carbocycles. The second kappa shape index (κ2) is 7.93. The lowest BCUT2D eigenvalue weighted by Crippen LogP contribution is -2.42. The standard InChI is InChI=1S/C25H27N3O3/c1-15-5-8-23(16(2)27-15)31-24-12-20-14-28(13-19(20)11-22(24)29)25(30)18-6-7-21-17(10-18)4-3-9-26-21/h3-10,19-20,22,24,29H,11-14H2,1-2H3/t19-,20+,22+,24+/m0/s1. The highest BCUT2D eigenvalue weighted by atomic mass is 16.5. The molecule has 5 rings (SSSR count). The van der Waals surface area contributed by atoms with E-state index < -0.39 is 6.10 Å². The van der Waals surface area contributed by atoms with Gasteiger partial charge in [-0.1, -0.05) is 6.07 Å². The smallest absolute Gasteiger partial charge is 0.253 e. The third-order valence-corrected chi connectivity index (χ3v) is 6.68. The molecule has 1 aliphatic carbocycles. The van der Waals surface area contributed by atoms with Crippen LogP contribution in [-0.2, 0) is 0 Å². The number of aromatic nitrogens is 2. The van der Waals surface area contributed by atoms with Gasteiger partial charge < -0.3 is 14.7 Å². The van der Waals surface area contributed by atoms with Crippen molar-refractivity contribution in [2.24, 2.45) is 11.8 Å². The van der Waals surface area contributed by atoms with Gasteiger partial charge in [0.15, 0.2) is 0 Å². The number of ether oxygens (including phenoxy) is 1. The summed E-state index contributed by atoms with van der Waals surface area (Å²) in [5.74, 6) is 1.41. The number of aryl methyl sites for hydroxylation is 2. The van der Waals surface area contributed by atoms with Gasteiger partial charge >= 0.3 is 0 Å². The van der Waals surface area contributed by atoms with Crippen LogP contribution in [0.2, 0.25) is 0 Å². The Morgan fingerprint density at radius 3 is 2.71 bits per heavy atom. The van der Waals surface area contributed by atoms with Crippen molar-refractivity contribution in [2.45, 2.75) is 38.9 Å². The lowest BCUT2D eigenvalue weighted by Gasteiger charge is -2.35. The molecule has 160 valence electrons. The van der Waals surface area contributed by atoms with Crippen LogP contribution in [0.1, 0.15) is 34.6 Å². The number of likely N-dealkylation sites (tertiary alicyclic amines) is 1. The summed E-state index contributed by atoms with van der Waals surface area (Å²) < 4.78 is 6.17. The summed E-state index contributed by atoms with van der Waals surface area (Å²) in [5, 5.41) is 11.7. The fourth-order valence-electron chi connectivity index (χ4n) is 5.04. The highest BCUT2D eigenvalue weighted by Crippen LogP contribution is 2.38. The number of benzene rings is 1. The number of amides is 1. The first-order valence-corrected chi connectivity index (χ1v) is 10.9. The minimum atomic E-state index is -0.538.